The van der Waals surface area contributed by atoms with Crippen LogP contribution < -0.4 is 4.90 Å². The van der Waals surface area contributed by atoms with Crippen LogP contribution in [-0.2, 0) is 0 Å². The molecule has 3 nitrogen and oxygen atoms in total. The molecule has 0 aliphatic rings. The molecule has 1 aromatic heterocycles. The largest absolute Gasteiger partial charge is 0.311 e. The Labute approximate surface area is 203 Å². The first-order chi connectivity index (χ1) is 16.4. The van der Waals surface area contributed by atoms with E-state index in [0.29, 0.717) is 11.8 Å². The molecule has 0 aliphatic heterocycles. The van der Waals surface area contributed by atoms with Crippen LogP contribution in [0.5, 0.6) is 0 Å². The minimum absolute atomic E-state index is 0.403. The Kier molecular flexibility index (Phi) is 6.83. The fourth-order valence-electron chi connectivity index (χ4n) is 4.42. The molecule has 0 amide bonds. The van der Waals surface area contributed by atoms with E-state index in [-0.39, 0.29) is 0 Å². The average molecular weight is 448 g/mol. The quantitative estimate of drug-likeness (QED) is 0.252. The van der Waals surface area contributed by atoms with E-state index in [0.717, 1.165) is 28.5 Å². The zero-order chi connectivity index (χ0) is 24.2. The lowest BCUT2D eigenvalue weighted by atomic mass is 9.92. The van der Waals surface area contributed by atoms with Crippen molar-refractivity contribution in [3.8, 4) is 17.1 Å². The van der Waals surface area contributed by atoms with Crippen LogP contribution in [0.1, 0.15) is 50.7 Å². The third-order valence-corrected chi connectivity index (χ3v) is 6.12. The first-order valence-corrected chi connectivity index (χ1v) is 11.9. The minimum atomic E-state index is 0.403. The summed E-state index contributed by atoms with van der Waals surface area (Å²) in [5.74, 6) is 1.73. The van der Waals surface area contributed by atoms with Crippen molar-refractivity contribution in [2.24, 2.45) is 0 Å². The predicted octanol–water partition coefficient (Wildman–Crippen LogP) is 8.62. The molecule has 0 saturated carbocycles. The van der Waals surface area contributed by atoms with Crippen LogP contribution in [0, 0.1) is 0 Å². The molecule has 34 heavy (non-hydrogen) atoms. The Morgan fingerprint density at radius 3 is 2.09 bits per heavy atom. The summed E-state index contributed by atoms with van der Waals surface area (Å²) in [7, 11) is 0. The summed E-state index contributed by atoms with van der Waals surface area (Å²) in [5.41, 5.74) is 7.82. The molecule has 0 unspecified atom stereocenters. The molecule has 1 heterocycles. The number of allylic oxidation sites excluding steroid dienone is 1. The van der Waals surface area contributed by atoms with Crippen LogP contribution in [0.25, 0.3) is 17.1 Å². The van der Waals surface area contributed by atoms with Gasteiger partial charge >= 0.3 is 0 Å². The van der Waals surface area contributed by atoms with Gasteiger partial charge < -0.3 is 4.90 Å². The summed E-state index contributed by atoms with van der Waals surface area (Å²) in [4.78, 5) is 6.92. The van der Waals surface area contributed by atoms with Gasteiger partial charge in [0.25, 0.3) is 0 Å². The van der Waals surface area contributed by atoms with E-state index < -0.39 is 0 Å². The molecule has 0 fully saturated rings. The number of para-hydroxylation sites is 2. The number of imidazole rings is 1. The molecule has 0 saturated heterocycles. The van der Waals surface area contributed by atoms with E-state index >= 15 is 0 Å². The second-order valence-corrected chi connectivity index (χ2v) is 9.13. The van der Waals surface area contributed by atoms with Gasteiger partial charge in [-0.1, -0.05) is 89.4 Å². The van der Waals surface area contributed by atoms with E-state index in [9.17, 15) is 0 Å². The molecule has 172 valence electrons. The number of hydrogen-bond donors (Lipinski definition) is 0. The number of hydrogen-bond acceptors (Lipinski definition) is 2. The summed E-state index contributed by atoms with van der Waals surface area (Å²) in [6.45, 7) is 17.2. The Bertz CT molecular complexity index is 1270. The number of aromatic nitrogens is 2. The lowest BCUT2D eigenvalue weighted by Gasteiger charge is -2.26. The van der Waals surface area contributed by atoms with Crippen molar-refractivity contribution in [2.45, 2.75) is 39.5 Å². The van der Waals surface area contributed by atoms with Crippen LogP contribution in [0.15, 0.2) is 110 Å². The molecule has 4 aromatic rings. The Morgan fingerprint density at radius 2 is 1.47 bits per heavy atom. The van der Waals surface area contributed by atoms with Crippen molar-refractivity contribution in [3.63, 3.8) is 0 Å². The highest BCUT2D eigenvalue weighted by molar-refractivity contribution is 5.74. The first-order valence-electron chi connectivity index (χ1n) is 11.9. The SMILES string of the molecule is C=CC(=C)N(c1ccccc1)c1cccc(-c2nccn2-c2c(C(C)C)cccc2C(C)C)c1. The zero-order valence-corrected chi connectivity index (χ0v) is 20.6. The molecule has 0 N–H and O–H groups in total. The van der Waals surface area contributed by atoms with Gasteiger partial charge in [0.05, 0.1) is 5.69 Å². The Morgan fingerprint density at radius 1 is 0.853 bits per heavy atom. The molecule has 0 aliphatic carbocycles. The third kappa shape index (κ3) is 4.47. The van der Waals surface area contributed by atoms with Crippen LogP contribution in [0.3, 0.4) is 0 Å². The highest BCUT2D eigenvalue weighted by Gasteiger charge is 2.19. The van der Waals surface area contributed by atoms with Gasteiger partial charge in [-0.05, 0) is 53.3 Å². The maximum absolute atomic E-state index is 4.80. The summed E-state index contributed by atoms with van der Waals surface area (Å²) in [6.07, 6.45) is 5.75. The topological polar surface area (TPSA) is 21.1 Å². The van der Waals surface area contributed by atoms with Crippen molar-refractivity contribution in [2.75, 3.05) is 4.90 Å². The fourth-order valence-corrected chi connectivity index (χ4v) is 4.42. The van der Waals surface area contributed by atoms with E-state index in [2.05, 4.69) is 111 Å². The number of benzene rings is 3. The second kappa shape index (κ2) is 9.96. The monoisotopic (exact) mass is 447 g/mol. The Balaban J connectivity index is 1.87. The van der Waals surface area contributed by atoms with Gasteiger partial charge in [0.2, 0.25) is 0 Å². The van der Waals surface area contributed by atoms with Crippen molar-refractivity contribution < 1.29 is 0 Å². The number of anilines is 2. The van der Waals surface area contributed by atoms with Crippen LogP contribution in [0.4, 0.5) is 11.4 Å². The molecule has 0 atom stereocenters. The zero-order valence-electron chi connectivity index (χ0n) is 20.6. The van der Waals surface area contributed by atoms with Gasteiger partial charge in [0.1, 0.15) is 5.82 Å². The minimum Gasteiger partial charge on any atom is -0.311 e. The van der Waals surface area contributed by atoms with Gasteiger partial charge in [-0.25, -0.2) is 4.98 Å². The maximum Gasteiger partial charge on any atom is 0.144 e. The average Bonchev–Trinajstić information content (AvgIpc) is 3.34. The number of rotatable bonds is 8. The molecular weight excluding hydrogens is 414 g/mol. The molecule has 4 rings (SSSR count). The second-order valence-electron chi connectivity index (χ2n) is 9.13. The molecule has 0 radical (unpaired) electrons. The third-order valence-electron chi connectivity index (χ3n) is 6.12. The summed E-state index contributed by atoms with van der Waals surface area (Å²) < 4.78 is 2.25. The molecule has 0 spiro atoms. The van der Waals surface area contributed by atoms with Gasteiger partial charge in [-0.15, -0.1) is 0 Å². The highest BCUT2D eigenvalue weighted by Crippen LogP contribution is 2.36. The van der Waals surface area contributed by atoms with Crippen LogP contribution in [-0.4, -0.2) is 9.55 Å². The number of nitrogens with zero attached hydrogens (tertiary/aromatic N) is 3. The fraction of sp³-hybridized carbons (Fsp3) is 0.194. The van der Waals surface area contributed by atoms with Crippen molar-refractivity contribution in [3.05, 3.63) is 121 Å². The van der Waals surface area contributed by atoms with Gasteiger partial charge in [-0.2, -0.15) is 0 Å². The van der Waals surface area contributed by atoms with Gasteiger partial charge in [0.15, 0.2) is 0 Å². The molecule has 0 bridgehead atoms. The lowest BCUT2D eigenvalue weighted by Crippen LogP contribution is -2.14. The van der Waals surface area contributed by atoms with Crippen molar-refractivity contribution >= 4 is 11.4 Å². The predicted molar refractivity (Wildman–Crippen MR) is 145 cm³/mol. The summed E-state index contributed by atoms with van der Waals surface area (Å²) in [6, 6.07) is 25.3. The van der Waals surface area contributed by atoms with E-state index in [4.69, 9.17) is 4.98 Å². The standard InChI is InChI=1S/C31H33N3/c1-7-24(6)34(26-14-9-8-10-15-26)27-16-11-13-25(21-27)31-32-19-20-33(31)30-28(22(2)3)17-12-18-29(30)23(4)5/h7-23H,1,6H2,2-5H3. The van der Waals surface area contributed by atoms with Crippen LogP contribution in [0.2, 0.25) is 0 Å². The molecule has 3 heteroatoms. The van der Waals surface area contributed by atoms with Gasteiger partial charge in [0, 0.05) is 35.0 Å². The van der Waals surface area contributed by atoms with Crippen molar-refractivity contribution in [1.82, 2.24) is 9.55 Å². The summed E-state index contributed by atoms with van der Waals surface area (Å²) in [5, 5.41) is 0. The maximum atomic E-state index is 4.80. The highest BCUT2D eigenvalue weighted by atomic mass is 15.1. The first kappa shape index (κ1) is 23.3. The van der Waals surface area contributed by atoms with Crippen LogP contribution >= 0.6 is 0 Å². The Hall–Kier alpha value is -3.85. The van der Waals surface area contributed by atoms with Crippen molar-refractivity contribution in [1.29, 1.82) is 0 Å². The van der Waals surface area contributed by atoms with E-state index in [1.807, 2.05) is 24.4 Å². The van der Waals surface area contributed by atoms with E-state index in [1.54, 1.807) is 6.08 Å². The normalized spacial score (nSPS) is 11.1. The molecule has 3 aromatic carbocycles. The smallest absolute Gasteiger partial charge is 0.144 e. The van der Waals surface area contributed by atoms with Gasteiger partial charge in [-0.3, -0.25) is 4.57 Å². The summed E-state index contributed by atoms with van der Waals surface area (Å²) >= 11 is 0. The van der Waals surface area contributed by atoms with E-state index in [1.165, 1.54) is 16.8 Å². The lowest BCUT2D eigenvalue weighted by molar-refractivity contribution is 0.806. The molecular formula is C31H33N3.